The lowest BCUT2D eigenvalue weighted by Crippen LogP contribution is -1.97. The molecule has 2 aromatic rings. The second-order valence-corrected chi connectivity index (χ2v) is 2.55. The summed E-state index contributed by atoms with van der Waals surface area (Å²) in [7, 11) is 1.98. The fourth-order valence-electron chi connectivity index (χ4n) is 1.27. The van der Waals surface area contributed by atoms with Crippen molar-refractivity contribution in [3.63, 3.8) is 0 Å². The fraction of sp³-hybridized carbons (Fsp3) is 0.286. The van der Waals surface area contributed by atoms with E-state index in [-0.39, 0.29) is 24.8 Å². The Labute approximate surface area is 88.5 Å². The van der Waals surface area contributed by atoms with Crippen LogP contribution in [-0.2, 0) is 13.6 Å². The van der Waals surface area contributed by atoms with Crippen LogP contribution in [0.1, 0.15) is 5.56 Å². The van der Waals surface area contributed by atoms with E-state index < -0.39 is 0 Å². The van der Waals surface area contributed by atoms with E-state index in [0.29, 0.717) is 6.54 Å². The third kappa shape index (κ3) is 1.80. The molecule has 0 aliphatic heterocycles. The lowest BCUT2D eigenvalue weighted by Gasteiger charge is -1.93. The topological polar surface area (TPSA) is 48.2 Å². The quantitative estimate of drug-likeness (QED) is 0.783. The minimum Gasteiger partial charge on any atom is -0.334 e. The molecule has 0 saturated heterocycles. The molecule has 0 aliphatic carbocycles. The average Bonchev–Trinajstić information content (AvgIpc) is 2.54. The van der Waals surface area contributed by atoms with E-state index in [9.17, 15) is 0 Å². The van der Waals surface area contributed by atoms with Crippen molar-refractivity contribution in [2.75, 3.05) is 0 Å². The number of hydrogen-bond donors (Lipinski definition) is 1. The minimum atomic E-state index is 0. The summed E-state index contributed by atoms with van der Waals surface area (Å²) >= 11 is 0. The molecule has 6 heteroatoms. The summed E-state index contributed by atoms with van der Waals surface area (Å²) in [6, 6.07) is 0. The predicted molar refractivity (Wildman–Crippen MR) is 56.6 cm³/mol. The third-order valence-corrected chi connectivity index (χ3v) is 1.83. The van der Waals surface area contributed by atoms with Gasteiger partial charge in [0.15, 0.2) is 0 Å². The Balaban J connectivity index is 0.000000720. The van der Waals surface area contributed by atoms with Gasteiger partial charge in [-0.05, 0) is 0 Å². The molecular formula is C7H12Cl2N4. The molecule has 0 radical (unpaired) electrons. The van der Waals surface area contributed by atoms with Crippen LogP contribution in [0.4, 0.5) is 0 Å². The highest BCUT2D eigenvalue weighted by atomic mass is 35.5. The van der Waals surface area contributed by atoms with Crippen molar-refractivity contribution in [1.82, 2.24) is 14.2 Å². The zero-order chi connectivity index (χ0) is 7.84. The fourth-order valence-corrected chi connectivity index (χ4v) is 1.27. The molecule has 0 saturated carbocycles. The number of hydrogen-bond acceptors (Lipinski definition) is 2. The summed E-state index contributed by atoms with van der Waals surface area (Å²) < 4.78 is 3.83. The highest BCUT2D eigenvalue weighted by Gasteiger charge is 2.03. The first-order chi connectivity index (χ1) is 5.33. The smallest absolute Gasteiger partial charge is 0.139 e. The summed E-state index contributed by atoms with van der Waals surface area (Å²) in [5.74, 6) is 0. The van der Waals surface area contributed by atoms with Crippen LogP contribution in [0.25, 0.3) is 5.65 Å². The Morgan fingerprint density at radius 3 is 2.69 bits per heavy atom. The van der Waals surface area contributed by atoms with Crippen molar-refractivity contribution in [1.29, 1.82) is 0 Å². The highest BCUT2D eigenvalue weighted by molar-refractivity contribution is 5.85. The van der Waals surface area contributed by atoms with Gasteiger partial charge in [0.25, 0.3) is 0 Å². The lowest BCUT2D eigenvalue weighted by molar-refractivity contribution is 0.921. The molecule has 2 N–H and O–H groups in total. The molecule has 0 aromatic carbocycles. The zero-order valence-corrected chi connectivity index (χ0v) is 8.81. The molecule has 0 spiro atoms. The maximum absolute atomic E-state index is 5.52. The predicted octanol–water partition coefficient (Wildman–Crippen LogP) is 0.975. The van der Waals surface area contributed by atoms with Crippen molar-refractivity contribution < 1.29 is 0 Å². The lowest BCUT2D eigenvalue weighted by atomic mass is 10.3. The average molecular weight is 223 g/mol. The van der Waals surface area contributed by atoms with Gasteiger partial charge in [-0.15, -0.1) is 24.8 Å². The van der Waals surface area contributed by atoms with Gasteiger partial charge in [0.2, 0.25) is 0 Å². The number of aryl methyl sites for hydroxylation is 1. The SMILES string of the molecule is Cl.Cl.Cn1ccn2ncc(CN)c12. The Morgan fingerprint density at radius 1 is 1.38 bits per heavy atom. The molecule has 13 heavy (non-hydrogen) atoms. The Kier molecular flexibility index (Phi) is 4.26. The molecule has 4 nitrogen and oxygen atoms in total. The van der Waals surface area contributed by atoms with Gasteiger partial charge < -0.3 is 10.3 Å². The highest BCUT2D eigenvalue weighted by Crippen LogP contribution is 2.08. The number of rotatable bonds is 1. The Bertz CT molecular complexity index is 379. The molecule has 0 aliphatic rings. The number of aromatic nitrogens is 3. The molecule has 2 aromatic heterocycles. The van der Waals surface area contributed by atoms with E-state index in [1.54, 1.807) is 6.20 Å². The van der Waals surface area contributed by atoms with Gasteiger partial charge in [-0.3, -0.25) is 0 Å². The van der Waals surface area contributed by atoms with E-state index in [1.807, 2.05) is 28.5 Å². The van der Waals surface area contributed by atoms with Crippen molar-refractivity contribution in [2.24, 2.45) is 12.8 Å². The van der Waals surface area contributed by atoms with Crippen LogP contribution in [0.2, 0.25) is 0 Å². The number of nitrogens with two attached hydrogens (primary N) is 1. The Hall–Kier alpha value is -0.710. The molecule has 0 bridgehead atoms. The van der Waals surface area contributed by atoms with Gasteiger partial charge in [0.1, 0.15) is 5.65 Å². The van der Waals surface area contributed by atoms with Crippen molar-refractivity contribution in [3.05, 3.63) is 24.2 Å². The normalized spacial score (nSPS) is 9.38. The molecule has 74 valence electrons. The number of imidazole rings is 1. The summed E-state index contributed by atoms with van der Waals surface area (Å²) in [4.78, 5) is 0. The van der Waals surface area contributed by atoms with Crippen molar-refractivity contribution >= 4 is 30.5 Å². The molecule has 0 amide bonds. The van der Waals surface area contributed by atoms with E-state index in [1.165, 1.54) is 0 Å². The van der Waals surface area contributed by atoms with E-state index in [2.05, 4.69) is 5.10 Å². The second kappa shape index (κ2) is 4.50. The third-order valence-electron chi connectivity index (χ3n) is 1.83. The molecule has 0 atom stereocenters. The molecule has 0 unspecified atom stereocenters. The van der Waals surface area contributed by atoms with Crippen LogP contribution in [0.5, 0.6) is 0 Å². The van der Waals surface area contributed by atoms with Gasteiger partial charge in [-0.25, -0.2) is 4.52 Å². The summed E-state index contributed by atoms with van der Waals surface area (Å²) in [6.45, 7) is 0.543. The Morgan fingerprint density at radius 2 is 2.08 bits per heavy atom. The molecule has 2 heterocycles. The van der Waals surface area contributed by atoms with Gasteiger partial charge in [-0.1, -0.05) is 0 Å². The van der Waals surface area contributed by atoms with Crippen LogP contribution in [-0.4, -0.2) is 14.2 Å². The van der Waals surface area contributed by atoms with Gasteiger partial charge >= 0.3 is 0 Å². The summed E-state index contributed by atoms with van der Waals surface area (Å²) in [5, 5.41) is 4.13. The second-order valence-electron chi connectivity index (χ2n) is 2.55. The van der Waals surface area contributed by atoms with E-state index >= 15 is 0 Å². The molecule has 2 rings (SSSR count). The summed E-state index contributed by atoms with van der Waals surface area (Å²) in [5.41, 5.74) is 7.68. The number of halogens is 2. The van der Waals surface area contributed by atoms with Crippen molar-refractivity contribution in [3.8, 4) is 0 Å². The van der Waals surface area contributed by atoms with Crippen LogP contribution in [0, 0.1) is 0 Å². The van der Waals surface area contributed by atoms with Gasteiger partial charge in [0.05, 0.1) is 6.20 Å². The zero-order valence-electron chi connectivity index (χ0n) is 7.17. The standard InChI is InChI=1S/C7H10N4.2ClH/c1-10-2-3-11-7(10)6(4-8)5-9-11;;/h2-3,5H,4,8H2,1H3;2*1H. The van der Waals surface area contributed by atoms with E-state index in [0.717, 1.165) is 11.2 Å². The summed E-state index contributed by atoms with van der Waals surface area (Å²) in [6.07, 6.45) is 5.67. The molecule has 0 fully saturated rings. The molecular weight excluding hydrogens is 211 g/mol. The largest absolute Gasteiger partial charge is 0.334 e. The van der Waals surface area contributed by atoms with Crippen LogP contribution < -0.4 is 5.73 Å². The maximum Gasteiger partial charge on any atom is 0.139 e. The maximum atomic E-state index is 5.52. The first-order valence-electron chi connectivity index (χ1n) is 3.50. The van der Waals surface area contributed by atoms with E-state index in [4.69, 9.17) is 5.73 Å². The van der Waals surface area contributed by atoms with Crippen LogP contribution in [0.15, 0.2) is 18.6 Å². The monoisotopic (exact) mass is 222 g/mol. The van der Waals surface area contributed by atoms with Crippen molar-refractivity contribution in [2.45, 2.75) is 6.54 Å². The van der Waals surface area contributed by atoms with Crippen LogP contribution in [0.3, 0.4) is 0 Å². The first-order valence-corrected chi connectivity index (χ1v) is 3.50. The minimum absolute atomic E-state index is 0. The van der Waals surface area contributed by atoms with Crippen LogP contribution >= 0.6 is 24.8 Å². The number of fused-ring (bicyclic) bond motifs is 1. The first kappa shape index (κ1) is 12.3. The number of nitrogens with zero attached hydrogens (tertiary/aromatic N) is 3. The van der Waals surface area contributed by atoms with Gasteiger partial charge in [-0.2, -0.15) is 5.10 Å². The van der Waals surface area contributed by atoms with Gasteiger partial charge in [0, 0.05) is 31.5 Å².